The fraction of sp³-hybridized carbons (Fsp3) is 0.250. The van der Waals surface area contributed by atoms with Crippen LogP contribution in [0.2, 0.25) is 0 Å². The van der Waals surface area contributed by atoms with Crippen molar-refractivity contribution in [3.05, 3.63) is 33.7 Å². The lowest BCUT2D eigenvalue weighted by molar-refractivity contribution is 0.0599. The lowest BCUT2D eigenvalue weighted by atomic mass is 10.0. The number of hydrogen-bond donors (Lipinski definition) is 0. The quantitative estimate of drug-likeness (QED) is 0.466. The van der Waals surface area contributed by atoms with E-state index in [4.69, 9.17) is 0 Å². The molecule has 1 aromatic carbocycles. The molecule has 8 nitrogen and oxygen atoms in total. The summed E-state index contributed by atoms with van der Waals surface area (Å²) in [5, 5.41) is 2.63. The molecule has 0 aliphatic heterocycles. The van der Waals surface area contributed by atoms with Crippen LogP contribution in [0.1, 0.15) is 31.1 Å². The average Bonchev–Trinajstić information content (AvgIpc) is 2.50. The predicted molar refractivity (Wildman–Crippen MR) is 65.9 cm³/mol. The summed E-state index contributed by atoms with van der Waals surface area (Å²) in [4.78, 5) is 45.6. The van der Waals surface area contributed by atoms with Crippen LogP contribution in [-0.4, -0.2) is 39.2 Å². The molecule has 8 heteroatoms. The Morgan fingerprint density at radius 1 is 0.850 bits per heavy atom. The van der Waals surface area contributed by atoms with Gasteiger partial charge in [0.25, 0.3) is 0 Å². The third-order valence-electron chi connectivity index (χ3n) is 2.43. The van der Waals surface area contributed by atoms with E-state index in [1.807, 2.05) is 0 Å². The molecule has 0 N–H and O–H groups in total. The van der Waals surface area contributed by atoms with Crippen LogP contribution < -0.4 is 0 Å². The van der Waals surface area contributed by atoms with E-state index < -0.39 is 23.6 Å². The van der Waals surface area contributed by atoms with Gasteiger partial charge in [0.15, 0.2) is 0 Å². The summed E-state index contributed by atoms with van der Waals surface area (Å²) in [5.41, 5.74) is -1.23. The molecule has 0 heterocycles. The van der Waals surface area contributed by atoms with Crippen molar-refractivity contribution in [1.29, 1.82) is 0 Å². The Morgan fingerprint density at radius 3 is 1.55 bits per heavy atom. The molecule has 0 spiro atoms. The molecule has 0 amide bonds. The largest absolute Gasteiger partial charge is 0.465 e. The fourth-order valence-corrected chi connectivity index (χ4v) is 1.50. The molecule has 0 radical (unpaired) electrons. The fourth-order valence-electron chi connectivity index (χ4n) is 1.50. The molecule has 0 aromatic heterocycles. The molecular weight excluding hydrogens is 270 g/mol. The maximum atomic E-state index is 11.6. The second-order valence-electron chi connectivity index (χ2n) is 3.49. The standard InChI is InChI=1S/C12H11NO7/c1-18-10(14)6-4-7(11(15)19-2)9(13-17)8(5-6)12(16)20-3/h4-5H,1-3H3. The Morgan fingerprint density at radius 2 is 1.25 bits per heavy atom. The molecule has 0 atom stereocenters. The topological polar surface area (TPSA) is 108 Å². The van der Waals surface area contributed by atoms with Crippen molar-refractivity contribution in [3.63, 3.8) is 0 Å². The predicted octanol–water partition coefficient (Wildman–Crippen LogP) is 1.44. The zero-order valence-electron chi connectivity index (χ0n) is 11.0. The smallest absolute Gasteiger partial charge is 0.340 e. The highest BCUT2D eigenvalue weighted by molar-refractivity contribution is 6.06. The van der Waals surface area contributed by atoms with Gasteiger partial charge in [-0.3, -0.25) is 0 Å². The number of rotatable bonds is 4. The second-order valence-corrected chi connectivity index (χ2v) is 3.49. The molecule has 0 aliphatic rings. The number of nitrogens with zero attached hydrogens (tertiary/aromatic N) is 1. The first kappa shape index (κ1) is 15.3. The van der Waals surface area contributed by atoms with E-state index in [9.17, 15) is 19.3 Å². The molecule has 20 heavy (non-hydrogen) atoms. The van der Waals surface area contributed by atoms with Crippen molar-refractivity contribution < 1.29 is 28.6 Å². The van der Waals surface area contributed by atoms with E-state index in [2.05, 4.69) is 19.4 Å². The van der Waals surface area contributed by atoms with Gasteiger partial charge in [0.1, 0.15) is 5.69 Å². The normalized spacial score (nSPS) is 9.55. The van der Waals surface area contributed by atoms with E-state index >= 15 is 0 Å². The van der Waals surface area contributed by atoms with Crippen molar-refractivity contribution >= 4 is 23.6 Å². The number of methoxy groups -OCH3 is 3. The number of benzene rings is 1. The second kappa shape index (κ2) is 6.41. The Balaban J connectivity index is 3.63. The zero-order chi connectivity index (χ0) is 15.3. The van der Waals surface area contributed by atoms with Gasteiger partial charge in [-0.05, 0) is 17.3 Å². The molecule has 0 saturated carbocycles. The summed E-state index contributed by atoms with van der Waals surface area (Å²) in [5.74, 6) is -2.64. The SMILES string of the molecule is COC(=O)c1cc(C(=O)OC)c(N=O)c(C(=O)OC)c1. The molecule has 0 fully saturated rings. The van der Waals surface area contributed by atoms with Crippen LogP contribution in [-0.2, 0) is 14.2 Å². The van der Waals surface area contributed by atoms with Gasteiger partial charge in [-0.2, -0.15) is 0 Å². The van der Waals surface area contributed by atoms with E-state index in [0.29, 0.717) is 0 Å². The maximum Gasteiger partial charge on any atom is 0.340 e. The highest BCUT2D eigenvalue weighted by atomic mass is 16.5. The summed E-state index contributed by atoms with van der Waals surface area (Å²) in [7, 11) is 3.29. The van der Waals surface area contributed by atoms with Gasteiger partial charge in [-0.15, -0.1) is 4.91 Å². The molecule has 0 bridgehead atoms. The highest BCUT2D eigenvalue weighted by Crippen LogP contribution is 2.28. The molecular formula is C12H11NO7. The van der Waals surface area contributed by atoms with Crippen LogP contribution in [0, 0.1) is 4.91 Å². The number of carbonyl (C=O) groups excluding carboxylic acids is 3. The first-order valence-corrected chi connectivity index (χ1v) is 5.26. The van der Waals surface area contributed by atoms with E-state index in [1.54, 1.807) is 0 Å². The average molecular weight is 281 g/mol. The molecule has 106 valence electrons. The summed E-state index contributed by atoms with van der Waals surface area (Å²) < 4.78 is 13.4. The first-order valence-electron chi connectivity index (χ1n) is 5.26. The Kier molecular flexibility index (Phi) is 4.90. The van der Waals surface area contributed by atoms with Crippen LogP contribution in [0.4, 0.5) is 5.69 Å². The first-order chi connectivity index (χ1) is 9.49. The Hall–Kier alpha value is -2.77. The number of carbonyl (C=O) groups is 3. The lowest BCUT2D eigenvalue weighted by Gasteiger charge is -2.09. The minimum atomic E-state index is -0.921. The van der Waals surface area contributed by atoms with Gasteiger partial charge in [0.05, 0.1) is 38.0 Å². The maximum absolute atomic E-state index is 11.6. The van der Waals surface area contributed by atoms with Gasteiger partial charge in [-0.25, -0.2) is 14.4 Å². The van der Waals surface area contributed by atoms with Crippen molar-refractivity contribution in [1.82, 2.24) is 0 Å². The van der Waals surface area contributed by atoms with Gasteiger partial charge in [0.2, 0.25) is 0 Å². The third-order valence-corrected chi connectivity index (χ3v) is 2.43. The van der Waals surface area contributed by atoms with Crippen molar-refractivity contribution in [3.8, 4) is 0 Å². The van der Waals surface area contributed by atoms with Crippen LogP contribution in [0.5, 0.6) is 0 Å². The third kappa shape index (κ3) is 2.79. The van der Waals surface area contributed by atoms with E-state index in [1.165, 1.54) is 0 Å². The molecule has 1 aromatic rings. The highest BCUT2D eigenvalue weighted by Gasteiger charge is 2.25. The Bertz CT molecular complexity index is 542. The molecule has 0 saturated heterocycles. The lowest BCUT2D eigenvalue weighted by Crippen LogP contribution is -2.11. The zero-order valence-corrected chi connectivity index (χ0v) is 11.0. The molecule has 0 aliphatic carbocycles. The van der Waals surface area contributed by atoms with Crippen molar-refractivity contribution in [2.45, 2.75) is 0 Å². The number of esters is 3. The minimum Gasteiger partial charge on any atom is -0.465 e. The van der Waals surface area contributed by atoms with Crippen LogP contribution >= 0.6 is 0 Å². The van der Waals surface area contributed by atoms with Gasteiger partial charge < -0.3 is 14.2 Å². The van der Waals surface area contributed by atoms with E-state index in [0.717, 1.165) is 33.5 Å². The number of nitroso groups, excluding NO2 is 1. The van der Waals surface area contributed by atoms with Crippen LogP contribution in [0.15, 0.2) is 17.3 Å². The Labute approximate surface area is 113 Å². The van der Waals surface area contributed by atoms with Gasteiger partial charge in [0, 0.05) is 0 Å². The van der Waals surface area contributed by atoms with Gasteiger partial charge >= 0.3 is 17.9 Å². The molecule has 1 rings (SSSR count). The molecule has 0 unspecified atom stereocenters. The number of hydrogen-bond acceptors (Lipinski definition) is 8. The summed E-state index contributed by atoms with van der Waals surface area (Å²) in [6.07, 6.45) is 0. The van der Waals surface area contributed by atoms with Crippen LogP contribution in [0.3, 0.4) is 0 Å². The number of ether oxygens (including phenoxy) is 3. The minimum absolute atomic E-state index is 0.110. The van der Waals surface area contributed by atoms with Crippen molar-refractivity contribution in [2.24, 2.45) is 5.18 Å². The van der Waals surface area contributed by atoms with E-state index in [-0.39, 0.29) is 16.7 Å². The van der Waals surface area contributed by atoms with Gasteiger partial charge in [-0.1, -0.05) is 0 Å². The summed E-state index contributed by atoms with van der Waals surface area (Å²) >= 11 is 0. The van der Waals surface area contributed by atoms with Crippen LogP contribution in [0.25, 0.3) is 0 Å². The summed E-state index contributed by atoms with van der Waals surface area (Å²) in [6.45, 7) is 0. The van der Waals surface area contributed by atoms with Crippen molar-refractivity contribution in [2.75, 3.05) is 21.3 Å². The monoisotopic (exact) mass is 281 g/mol. The summed E-state index contributed by atoms with van der Waals surface area (Å²) in [6, 6.07) is 2.11.